The second-order valence-electron chi connectivity index (χ2n) is 5.41. The van der Waals surface area contributed by atoms with Gasteiger partial charge >= 0.3 is 0 Å². The van der Waals surface area contributed by atoms with Crippen LogP contribution in [0.3, 0.4) is 0 Å². The van der Waals surface area contributed by atoms with Crippen LogP contribution >= 0.6 is 0 Å². The summed E-state index contributed by atoms with van der Waals surface area (Å²) in [5.41, 5.74) is 2.68. The molecule has 0 saturated heterocycles. The molecule has 1 fully saturated rings. The van der Waals surface area contributed by atoms with Crippen molar-refractivity contribution in [2.45, 2.75) is 45.6 Å². The van der Waals surface area contributed by atoms with E-state index in [9.17, 15) is 5.11 Å². The van der Waals surface area contributed by atoms with E-state index in [0.29, 0.717) is 6.04 Å². The fourth-order valence-electron chi connectivity index (χ4n) is 2.56. The number of hydrogen-bond acceptors (Lipinski definition) is 3. The Morgan fingerprint density at radius 1 is 1.39 bits per heavy atom. The van der Waals surface area contributed by atoms with Crippen molar-refractivity contribution >= 4 is 5.70 Å². The molecule has 0 aliphatic heterocycles. The summed E-state index contributed by atoms with van der Waals surface area (Å²) in [5, 5.41) is 13.0. The molecule has 1 aromatic rings. The molecule has 1 aliphatic rings. The van der Waals surface area contributed by atoms with Gasteiger partial charge in [0.15, 0.2) is 0 Å². The minimum atomic E-state index is 0.191. The molecule has 0 aromatic carbocycles. The fourth-order valence-corrected chi connectivity index (χ4v) is 2.56. The average Bonchev–Trinajstić information content (AvgIpc) is 2.35. The zero-order valence-electron chi connectivity index (χ0n) is 11.2. The lowest BCUT2D eigenvalue weighted by Crippen LogP contribution is -2.31. The highest BCUT2D eigenvalue weighted by Crippen LogP contribution is 2.26. The van der Waals surface area contributed by atoms with Gasteiger partial charge in [-0.3, -0.25) is 4.98 Å². The Kier molecular flexibility index (Phi) is 3.90. The number of pyridine rings is 1. The zero-order chi connectivity index (χ0) is 13.1. The van der Waals surface area contributed by atoms with Crippen molar-refractivity contribution in [3.8, 4) is 5.75 Å². The Hall–Kier alpha value is -1.51. The van der Waals surface area contributed by atoms with Crippen LogP contribution in [0.1, 0.15) is 43.9 Å². The van der Waals surface area contributed by atoms with Crippen LogP contribution in [0.15, 0.2) is 18.8 Å². The van der Waals surface area contributed by atoms with E-state index >= 15 is 0 Å². The molecule has 1 heterocycles. The maximum atomic E-state index is 9.50. The quantitative estimate of drug-likeness (QED) is 0.860. The number of aromatic nitrogens is 1. The Morgan fingerprint density at radius 3 is 2.72 bits per heavy atom. The molecule has 0 unspecified atom stereocenters. The molecule has 1 aromatic heterocycles. The molecule has 18 heavy (non-hydrogen) atoms. The van der Waals surface area contributed by atoms with Gasteiger partial charge in [-0.05, 0) is 44.6 Å². The topological polar surface area (TPSA) is 45.1 Å². The second kappa shape index (κ2) is 5.42. The van der Waals surface area contributed by atoms with E-state index < -0.39 is 0 Å². The summed E-state index contributed by atoms with van der Waals surface area (Å²) >= 11 is 0. The van der Waals surface area contributed by atoms with Crippen LogP contribution in [-0.2, 0) is 0 Å². The average molecular weight is 246 g/mol. The van der Waals surface area contributed by atoms with Gasteiger partial charge in [0.2, 0.25) is 0 Å². The van der Waals surface area contributed by atoms with Gasteiger partial charge in [-0.15, -0.1) is 0 Å². The molecule has 98 valence electrons. The third-order valence-corrected chi connectivity index (χ3v) is 3.79. The van der Waals surface area contributed by atoms with Gasteiger partial charge < -0.3 is 10.4 Å². The number of hydrogen-bond donors (Lipinski definition) is 2. The lowest BCUT2D eigenvalue weighted by molar-refractivity contribution is 0.328. The molecule has 3 heteroatoms. The molecular formula is C15H22N2O. The molecule has 1 aliphatic carbocycles. The zero-order valence-corrected chi connectivity index (χ0v) is 11.2. The first-order valence-corrected chi connectivity index (χ1v) is 6.67. The van der Waals surface area contributed by atoms with Gasteiger partial charge in [0, 0.05) is 23.0 Å². The summed E-state index contributed by atoms with van der Waals surface area (Å²) < 4.78 is 0. The lowest BCUT2D eigenvalue weighted by Gasteiger charge is -2.28. The third-order valence-electron chi connectivity index (χ3n) is 3.79. The van der Waals surface area contributed by atoms with Crippen molar-refractivity contribution in [1.29, 1.82) is 0 Å². The van der Waals surface area contributed by atoms with Crippen LogP contribution in [-0.4, -0.2) is 16.1 Å². The van der Waals surface area contributed by atoms with E-state index in [2.05, 4.69) is 23.8 Å². The Bertz CT molecular complexity index is 434. The van der Waals surface area contributed by atoms with Crippen LogP contribution in [0.5, 0.6) is 5.75 Å². The number of aryl methyl sites for hydroxylation is 1. The Morgan fingerprint density at radius 2 is 2.06 bits per heavy atom. The molecule has 1 saturated carbocycles. The molecule has 2 rings (SSSR count). The predicted octanol–water partition coefficient (Wildman–Crippen LogP) is 3.23. The van der Waals surface area contributed by atoms with Crippen LogP contribution in [0, 0.1) is 12.8 Å². The van der Waals surface area contributed by atoms with E-state index in [1.165, 1.54) is 31.9 Å². The highest BCUT2D eigenvalue weighted by atomic mass is 16.3. The van der Waals surface area contributed by atoms with Gasteiger partial charge in [0.05, 0.1) is 6.20 Å². The molecular weight excluding hydrogens is 224 g/mol. The summed E-state index contributed by atoms with van der Waals surface area (Å²) in [6, 6.07) is 2.23. The maximum Gasteiger partial charge on any atom is 0.134 e. The molecule has 2 N–H and O–H groups in total. The minimum Gasteiger partial charge on any atom is -0.506 e. The first-order chi connectivity index (χ1) is 8.56. The molecule has 3 nitrogen and oxygen atoms in total. The van der Waals surface area contributed by atoms with Crippen molar-refractivity contribution in [2.24, 2.45) is 5.92 Å². The normalized spacial score (nSPS) is 23.7. The van der Waals surface area contributed by atoms with Crippen LogP contribution < -0.4 is 5.32 Å². The van der Waals surface area contributed by atoms with Crippen LogP contribution in [0.4, 0.5) is 0 Å². The third kappa shape index (κ3) is 3.03. The number of aromatic hydroxyl groups is 1. The predicted molar refractivity (Wildman–Crippen MR) is 74.2 cm³/mol. The van der Waals surface area contributed by atoms with Crippen molar-refractivity contribution in [3.63, 3.8) is 0 Å². The number of nitrogens with one attached hydrogen (secondary N) is 1. The molecule has 0 amide bonds. The van der Waals surface area contributed by atoms with Gasteiger partial charge in [0.1, 0.15) is 5.75 Å². The standard InChI is InChI=1S/C15H22N2O/c1-10-4-6-13(7-5-10)17-12(3)15-8-14(18)9-16-11(15)2/h8-10,13,17-18H,3-7H2,1-2H3. The van der Waals surface area contributed by atoms with Gasteiger partial charge in [-0.25, -0.2) is 0 Å². The first-order valence-electron chi connectivity index (χ1n) is 6.67. The van der Waals surface area contributed by atoms with Crippen molar-refractivity contribution in [2.75, 3.05) is 0 Å². The summed E-state index contributed by atoms with van der Waals surface area (Å²) in [6.45, 7) is 8.33. The number of nitrogens with zero attached hydrogens (tertiary/aromatic N) is 1. The SMILES string of the molecule is C=C(NC1CCC(C)CC1)c1cc(O)cnc1C. The van der Waals surface area contributed by atoms with Crippen molar-refractivity contribution in [3.05, 3.63) is 30.1 Å². The summed E-state index contributed by atoms with van der Waals surface area (Å²) in [5.74, 6) is 1.04. The molecule has 0 bridgehead atoms. The molecule has 0 atom stereocenters. The van der Waals surface area contributed by atoms with Gasteiger partial charge in [0.25, 0.3) is 0 Å². The smallest absolute Gasteiger partial charge is 0.134 e. The van der Waals surface area contributed by atoms with Gasteiger partial charge in [-0.1, -0.05) is 13.5 Å². The van der Waals surface area contributed by atoms with E-state index in [1.807, 2.05) is 6.92 Å². The Labute approximate surface area is 109 Å². The van der Waals surface area contributed by atoms with Crippen LogP contribution in [0.2, 0.25) is 0 Å². The van der Waals surface area contributed by atoms with E-state index in [-0.39, 0.29) is 5.75 Å². The molecule has 0 spiro atoms. The van der Waals surface area contributed by atoms with E-state index in [4.69, 9.17) is 0 Å². The molecule has 0 radical (unpaired) electrons. The van der Waals surface area contributed by atoms with Crippen molar-refractivity contribution in [1.82, 2.24) is 10.3 Å². The number of rotatable bonds is 3. The summed E-state index contributed by atoms with van der Waals surface area (Å²) in [6.07, 6.45) is 6.43. The first kappa shape index (κ1) is 12.9. The minimum absolute atomic E-state index is 0.191. The Balaban J connectivity index is 2.01. The van der Waals surface area contributed by atoms with Gasteiger partial charge in [-0.2, -0.15) is 0 Å². The highest BCUT2D eigenvalue weighted by molar-refractivity contribution is 5.64. The van der Waals surface area contributed by atoms with Crippen LogP contribution in [0.25, 0.3) is 5.70 Å². The largest absolute Gasteiger partial charge is 0.506 e. The van der Waals surface area contributed by atoms with E-state index in [1.54, 1.807) is 6.07 Å². The second-order valence-corrected chi connectivity index (χ2v) is 5.41. The highest BCUT2D eigenvalue weighted by Gasteiger charge is 2.19. The maximum absolute atomic E-state index is 9.50. The van der Waals surface area contributed by atoms with E-state index in [0.717, 1.165) is 22.9 Å². The summed E-state index contributed by atoms with van der Waals surface area (Å²) in [7, 11) is 0. The summed E-state index contributed by atoms with van der Waals surface area (Å²) in [4.78, 5) is 4.15. The lowest BCUT2D eigenvalue weighted by atomic mass is 9.87. The fraction of sp³-hybridized carbons (Fsp3) is 0.533. The van der Waals surface area contributed by atoms with Crippen molar-refractivity contribution < 1.29 is 5.11 Å². The monoisotopic (exact) mass is 246 g/mol.